The third-order valence-electron chi connectivity index (χ3n) is 4.54. The maximum Gasteiger partial charge on any atom is 0.162 e. The predicted molar refractivity (Wildman–Crippen MR) is 103 cm³/mol. The second-order valence-electron chi connectivity index (χ2n) is 6.69. The van der Waals surface area contributed by atoms with Gasteiger partial charge in [0.1, 0.15) is 0 Å². The highest BCUT2D eigenvalue weighted by atomic mass is 32.2. The Labute approximate surface area is 149 Å². The highest BCUT2D eigenvalue weighted by molar-refractivity contribution is 8.00. The molecule has 1 aliphatic heterocycles. The largest absolute Gasteiger partial charge is 0.361 e. The number of benzene rings is 1. The third-order valence-corrected chi connectivity index (χ3v) is 5.84. The lowest BCUT2D eigenvalue weighted by Gasteiger charge is -2.43. The van der Waals surface area contributed by atoms with E-state index in [1.54, 1.807) is 0 Å². The zero-order valence-electron chi connectivity index (χ0n) is 14.7. The fourth-order valence-electron chi connectivity index (χ4n) is 3.26. The average Bonchev–Trinajstić information content (AvgIpc) is 2.58. The summed E-state index contributed by atoms with van der Waals surface area (Å²) in [5.41, 5.74) is 2.17. The molecule has 1 heterocycles. The first-order valence-corrected chi connectivity index (χ1v) is 9.58. The Morgan fingerprint density at radius 3 is 2.83 bits per heavy atom. The standard InChI is InChI=1S/C20H26N2OS/c1-4-7-18(23)15-10-11-20-17(14-15)22(13-12-21(2)3)16-8-5-6-9-19(16)24-20/h5-6,8-11,14,17,20H,4,7,12-13H2,1-3H3. The number of fused-ring (bicyclic) bond motifs is 2. The van der Waals surface area contributed by atoms with E-state index in [9.17, 15) is 4.79 Å². The van der Waals surface area contributed by atoms with Crippen LogP contribution in [0.1, 0.15) is 19.8 Å². The van der Waals surface area contributed by atoms with Gasteiger partial charge >= 0.3 is 0 Å². The van der Waals surface area contributed by atoms with E-state index in [0.717, 1.165) is 25.1 Å². The van der Waals surface area contributed by atoms with Crippen LogP contribution in [0.15, 0.2) is 53.0 Å². The quantitative estimate of drug-likeness (QED) is 0.785. The Balaban J connectivity index is 1.92. The molecule has 0 saturated heterocycles. The molecule has 1 aliphatic carbocycles. The Hall–Kier alpha value is -1.52. The van der Waals surface area contributed by atoms with E-state index < -0.39 is 0 Å². The summed E-state index contributed by atoms with van der Waals surface area (Å²) in [6, 6.07) is 8.87. The minimum Gasteiger partial charge on any atom is -0.361 e. The number of anilines is 1. The van der Waals surface area contributed by atoms with Crippen molar-refractivity contribution in [3.63, 3.8) is 0 Å². The van der Waals surface area contributed by atoms with Gasteiger partial charge in [0.15, 0.2) is 5.78 Å². The number of allylic oxidation sites excluding steroid dienone is 2. The number of hydrogen-bond donors (Lipinski definition) is 0. The van der Waals surface area contributed by atoms with Crippen molar-refractivity contribution >= 4 is 23.2 Å². The van der Waals surface area contributed by atoms with Crippen molar-refractivity contribution in [2.24, 2.45) is 0 Å². The molecule has 24 heavy (non-hydrogen) atoms. The Kier molecular flexibility index (Phi) is 5.47. The van der Waals surface area contributed by atoms with Gasteiger partial charge in [-0.15, -0.1) is 11.8 Å². The van der Waals surface area contributed by atoms with E-state index >= 15 is 0 Å². The molecule has 0 aromatic heterocycles. The molecule has 128 valence electrons. The van der Waals surface area contributed by atoms with Gasteiger partial charge in [0, 0.05) is 30.0 Å². The predicted octanol–water partition coefficient (Wildman–Crippen LogP) is 3.76. The molecule has 1 aromatic rings. The Bertz CT molecular complexity index is 665. The van der Waals surface area contributed by atoms with Crippen molar-refractivity contribution < 1.29 is 4.79 Å². The first-order valence-electron chi connectivity index (χ1n) is 8.70. The molecule has 3 nitrogen and oxygen atoms in total. The van der Waals surface area contributed by atoms with Gasteiger partial charge in [-0.05, 0) is 38.7 Å². The third kappa shape index (κ3) is 3.60. The van der Waals surface area contributed by atoms with Crippen molar-refractivity contribution in [3.8, 4) is 0 Å². The number of Topliss-reactive ketones (excluding diaryl/α,β-unsaturated/α-hetero) is 1. The number of carbonyl (C=O) groups excluding carboxylic acids is 1. The minimum atomic E-state index is 0.255. The van der Waals surface area contributed by atoms with Gasteiger partial charge in [-0.3, -0.25) is 4.79 Å². The van der Waals surface area contributed by atoms with E-state index in [2.05, 4.69) is 67.2 Å². The van der Waals surface area contributed by atoms with E-state index in [-0.39, 0.29) is 11.8 Å². The Morgan fingerprint density at radius 1 is 1.29 bits per heavy atom. The zero-order chi connectivity index (χ0) is 17.1. The highest BCUT2D eigenvalue weighted by Crippen LogP contribution is 2.44. The maximum absolute atomic E-state index is 12.3. The van der Waals surface area contributed by atoms with Crippen LogP contribution in [0, 0.1) is 0 Å². The molecule has 3 rings (SSSR count). The second kappa shape index (κ2) is 7.58. The van der Waals surface area contributed by atoms with Crippen LogP contribution in [0.25, 0.3) is 0 Å². The van der Waals surface area contributed by atoms with Crippen LogP contribution in [0.4, 0.5) is 5.69 Å². The number of para-hydroxylation sites is 1. The lowest BCUT2D eigenvalue weighted by atomic mass is 9.95. The molecule has 2 unspecified atom stereocenters. The molecule has 2 atom stereocenters. The molecule has 0 N–H and O–H groups in total. The number of carbonyl (C=O) groups is 1. The topological polar surface area (TPSA) is 23.6 Å². The number of nitrogens with zero attached hydrogens (tertiary/aromatic N) is 2. The van der Waals surface area contributed by atoms with Crippen LogP contribution < -0.4 is 4.90 Å². The molecule has 0 amide bonds. The summed E-state index contributed by atoms with van der Waals surface area (Å²) in [6.07, 6.45) is 7.98. The molecule has 1 aromatic carbocycles. The first kappa shape index (κ1) is 17.3. The second-order valence-corrected chi connectivity index (χ2v) is 7.91. The van der Waals surface area contributed by atoms with Crippen molar-refractivity contribution in [1.29, 1.82) is 0 Å². The normalized spacial score (nSPS) is 22.2. The van der Waals surface area contributed by atoms with Crippen LogP contribution >= 0.6 is 11.8 Å². The van der Waals surface area contributed by atoms with Crippen LogP contribution in [0.2, 0.25) is 0 Å². The monoisotopic (exact) mass is 342 g/mol. The number of likely N-dealkylation sites (N-methyl/N-ethyl adjacent to an activating group) is 1. The molecule has 0 bridgehead atoms. The van der Waals surface area contributed by atoms with Gasteiger partial charge in [0.25, 0.3) is 0 Å². The number of ketones is 1. The molecule has 0 radical (unpaired) electrons. The van der Waals surface area contributed by atoms with Gasteiger partial charge < -0.3 is 9.80 Å². The molecule has 4 heteroatoms. The maximum atomic E-state index is 12.3. The summed E-state index contributed by atoms with van der Waals surface area (Å²) in [5.74, 6) is 0.267. The number of hydrogen-bond acceptors (Lipinski definition) is 4. The summed E-state index contributed by atoms with van der Waals surface area (Å²) in [6.45, 7) is 4.02. The fourth-order valence-corrected chi connectivity index (χ4v) is 4.54. The number of thioether (sulfide) groups is 1. The van der Waals surface area contributed by atoms with E-state index in [4.69, 9.17) is 0 Å². The van der Waals surface area contributed by atoms with E-state index in [1.807, 2.05) is 17.8 Å². The van der Waals surface area contributed by atoms with Crippen molar-refractivity contribution in [1.82, 2.24) is 4.90 Å². The summed E-state index contributed by atoms with van der Waals surface area (Å²) in [5, 5.41) is 0.375. The molecule has 2 aliphatic rings. The molecule has 0 spiro atoms. The summed E-state index contributed by atoms with van der Waals surface area (Å²) >= 11 is 1.91. The van der Waals surface area contributed by atoms with Gasteiger partial charge in [-0.1, -0.05) is 31.2 Å². The summed E-state index contributed by atoms with van der Waals surface area (Å²) < 4.78 is 0. The van der Waals surface area contributed by atoms with Gasteiger partial charge in [-0.2, -0.15) is 0 Å². The van der Waals surface area contributed by atoms with Crippen LogP contribution in [0.3, 0.4) is 0 Å². The van der Waals surface area contributed by atoms with Crippen LogP contribution in [-0.2, 0) is 4.79 Å². The average molecular weight is 343 g/mol. The lowest BCUT2D eigenvalue weighted by Crippen LogP contribution is -2.47. The van der Waals surface area contributed by atoms with E-state index in [1.165, 1.54) is 10.6 Å². The first-order chi connectivity index (χ1) is 11.6. The van der Waals surface area contributed by atoms with Gasteiger partial charge in [-0.25, -0.2) is 0 Å². The van der Waals surface area contributed by atoms with Gasteiger partial charge in [0.2, 0.25) is 0 Å². The van der Waals surface area contributed by atoms with Crippen molar-refractivity contribution in [2.45, 2.75) is 36.0 Å². The fraction of sp³-hybridized carbons (Fsp3) is 0.450. The van der Waals surface area contributed by atoms with Crippen LogP contribution in [-0.4, -0.2) is 49.2 Å². The molecule has 0 saturated carbocycles. The summed E-state index contributed by atoms with van der Waals surface area (Å²) in [7, 11) is 4.21. The zero-order valence-corrected chi connectivity index (χ0v) is 15.6. The van der Waals surface area contributed by atoms with Crippen LogP contribution in [0.5, 0.6) is 0 Å². The van der Waals surface area contributed by atoms with Gasteiger partial charge in [0.05, 0.1) is 17.0 Å². The summed E-state index contributed by atoms with van der Waals surface area (Å²) in [4.78, 5) is 18.4. The Morgan fingerprint density at radius 2 is 2.08 bits per heavy atom. The van der Waals surface area contributed by atoms with Crippen molar-refractivity contribution in [3.05, 3.63) is 48.1 Å². The molecular formula is C20H26N2OS. The highest BCUT2D eigenvalue weighted by Gasteiger charge is 2.34. The lowest BCUT2D eigenvalue weighted by molar-refractivity contribution is -0.115. The van der Waals surface area contributed by atoms with E-state index in [0.29, 0.717) is 11.7 Å². The molecular weight excluding hydrogens is 316 g/mol. The molecule has 0 fully saturated rings. The van der Waals surface area contributed by atoms with Crippen molar-refractivity contribution in [2.75, 3.05) is 32.1 Å². The number of rotatable bonds is 6. The smallest absolute Gasteiger partial charge is 0.162 e. The SMILES string of the molecule is CCCC(=O)C1=CC2C(C=C1)Sc1ccccc1N2CCN(C)C. The minimum absolute atomic E-state index is 0.255.